The molecule has 0 unspecified atom stereocenters. The lowest BCUT2D eigenvalue weighted by molar-refractivity contribution is -0.111. The summed E-state index contributed by atoms with van der Waals surface area (Å²) in [5, 5.41) is 3.42. The van der Waals surface area contributed by atoms with Crippen molar-refractivity contribution in [2.24, 2.45) is 0 Å². The van der Waals surface area contributed by atoms with Crippen molar-refractivity contribution in [3.05, 3.63) is 95.5 Å². The van der Waals surface area contributed by atoms with Crippen molar-refractivity contribution in [1.82, 2.24) is 14.9 Å². The van der Waals surface area contributed by atoms with Gasteiger partial charge in [0.1, 0.15) is 11.4 Å². The first kappa shape index (κ1) is 30.6. The average molecular weight is 602 g/mol. The Kier molecular flexibility index (Phi) is 9.15. The molecule has 0 bridgehead atoms. The lowest BCUT2D eigenvalue weighted by Crippen LogP contribution is -2.46. The quantitative estimate of drug-likeness (QED) is 0.200. The predicted octanol–water partition coefficient (Wildman–Crippen LogP) is 5.01. The van der Waals surface area contributed by atoms with Crippen molar-refractivity contribution in [2.75, 3.05) is 57.2 Å². The highest BCUT2D eigenvalue weighted by Gasteiger charge is 2.27. The van der Waals surface area contributed by atoms with E-state index in [1.807, 2.05) is 18.2 Å². The molecule has 1 amide bonds. The van der Waals surface area contributed by atoms with E-state index in [9.17, 15) is 18.4 Å². The normalized spacial score (nSPS) is 13.5. The third-order valence-electron chi connectivity index (χ3n) is 7.76. The molecule has 1 aliphatic heterocycles. The van der Waals surface area contributed by atoms with Gasteiger partial charge in [0.25, 0.3) is 0 Å². The van der Waals surface area contributed by atoms with Gasteiger partial charge in [0.15, 0.2) is 28.9 Å². The minimum Gasteiger partial charge on any atom is -0.494 e. The fourth-order valence-electron chi connectivity index (χ4n) is 5.24. The number of benzene rings is 3. The molecule has 4 aromatic rings. The van der Waals surface area contributed by atoms with Gasteiger partial charge in [0.05, 0.1) is 19.7 Å². The number of likely N-dealkylation sites (N-methyl/N-ethyl adjacent to an activating group) is 1. The van der Waals surface area contributed by atoms with Crippen molar-refractivity contribution >= 4 is 34.0 Å². The molecular formula is C33H33F2N5O4. The molecule has 0 aliphatic carbocycles. The minimum atomic E-state index is -1.11. The number of nitrogens with zero attached hydrogens (tertiary/aromatic N) is 4. The number of fused-ring (bicyclic) bond motifs is 1. The summed E-state index contributed by atoms with van der Waals surface area (Å²) in [6, 6.07) is 11.5. The summed E-state index contributed by atoms with van der Waals surface area (Å²) in [5.41, 5.74) is 2.29. The van der Waals surface area contributed by atoms with E-state index in [0.29, 0.717) is 28.8 Å². The van der Waals surface area contributed by atoms with E-state index in [1.54, 1.807) is 12.3 Å². The number of methoxy groups -OCH3 is 2. The van der Waals surface area contributed by atoms with Crippen LogP contribution < -0.4 is 19.7 Å². The average Bonchev–Trinajstić information content (AvgIpc) is 3.05. The number of carbonyl (C=O) groups excluding carboxylic acids is 2. The van der Waals surface area contributed by atoms with Crippen molar-refractivity contribution in [2.45, 2.75) is 13.3 Å². The number of aromatic nitrogens is 2. The van der Waals surface area contributed by atoms with Gasteiger partial charge in [0.2, 0.25) is 5.91 Å². The number of piperazine rings is 1. The molecule has 2 heterocycles. The number of nitrogens with one attached hydrogen (secondary N) is 1. The molecule has 1 aliphatic rings. The van der Waals surface area contributed by atoms with Crippen LogP contribution >= 0.6 is 0 Å². The van der Waals surface area contributed by atoms with E-state index < -0.39 is 23.0 Å². The van der Waals surface area contributed by atoms with Crippen LogP contribution in [0.3, 0.4) is 0 Å². The number of halogens is 2. The smallest absolute Gasteiger partial charge is 0.247 e. The Morgan fingerprint density at radius 1 is 1.00 bits per heavy atom. The van der Waals surface area contributed by atoms with Gasteiger partial charge in [-0.05, 0) is 48.5 Å². The van der Waals surface area contributed by atoms with Gasteiger partial charge in [-0.1, -0.05) is 19.6 Å². The maximum atomic E-state index is 15.0. The maximum Gasteiger partial charge on any atom is 0.247 e. The highest BCUT2D eigenvalue weighted by Crippen LogP contribution is 2.33. The number of ether oxygens (including phenoxy) is 2. The number of amides is 1. The highest BCUT2D eigenvalue weighted by atomic mass is 19.1. The van der Waals surface area contributed by atoms with Crippen LogP contribution in [0.4, 0.5) is 20.2 Å². The zero-order valence-corrected chi connectivity index (χ0v) is 24.8. The van der Waals surface area contributed by atoms with E-state index in [2.05, 4.69) is 38.6 Å². The van der Waals surface area contributed by atoms with E-state index in [4.69, 9.17) is 9.47 Å². The fraction of sp³-hybridized carbons (Fsp3) is 0.273. The molecule has 3 aromatic carbocycles. The van der Waals surface area contributed by atoms with Gasteiger partial charge in [-0.3, -0.25) is 9.59 Å². The largest absolute Gasteiger partial charge is 0.494 e. The van der Waals surface area contributed by atoms with Gasteiger partial charge >= 0.3 is 0 Å². The second-order valence-corrected chi connectivity index (χ2v) is 10.3. The van der Waals surface area contributed by atoms with E-state index in [-0.39, 0.29) is 23.0 Å². The second-order valence-electron chi connectivity index (χ2n) is 10.3. The van der Waals surface area contributed by atoms with Gasteiger partial charge in [-0.15, -0.1) is 0 Å². The Hall–Kier alpha value is -4.90. The highest BCUT2D eigenvalue weighted by molar-refractivity contribution is 6.11. The molecule has 0 atom stereocenters. The van der Waals surface area contributed by atoms with Crippen molar-refractivity contribution in [3.8, 4) is 11.5 Å². The van der Waals surface area contributed by atoms with Crippen LogP contribution in [-0.2, 0) is 11.2 Å². The molecule has 1 fully saturated rings. The molecule has 0 spiro atoms. The number of rotatable bonds is 10. The topological polar surface area (TPSA) is 96.9 Å². The molecule has 5 rings (SSSR count). The Morgan fingerprint density at radius 2 is 1.70 bits per heavy atom. The summed E-state index contributed by atoms with van der Waals surface area (Å²) in [5.74, 6) is -3.55. The van der Waals surface area contributed by atoms with E-state index >= 15 is 0 Å². The Bertz CT molecular complexity index is 1710. The summed E-state index contributed by atoms with van der Waals surface area (Å²) >= 11 is 0. The number of hydrogen-bond donors (Lipinski definition) is 1. The van der Waals surface area contributed by atoms with Gasteiger partial charge in [-0.25, -0.2) is 18.7 Å². The molecule has 44 heavy (non-hydrogen) atoms. The molecule has 0 radical (unpaired) electrons. The lowest BCUT2D eigenvalue weighted by Gasteiger charge is -2.35. The van der Waals surface area contributed by atoms with Crippen LogP contribution in [0.25, 0.3) is 10.9 Å². The standard InChI is InChI=1S/C33H33F2N5O4/c1-5-29(41)38-25-17-23(40-13-11-39(6-2)12-14-40)9-7-20(25)16-28-36-19-22-15-21(8-10-24(22)37-28)33(42)30-31(34)26(43-3)18-27(44-4)32(30)35/h5,7-10,15,17-19H,1,6,11-14,16H2,2-4H3,(H,38,41). The molecule has 1 N–H and O–H groups in total. The predicted molar refractivity (Wildman–Crippen MR) is 165 cm³/mol. The monoisotopic (exact) mass is 601 g/mol. The fourth-order valence-corrected chi connectivity index (χ4v) is 5.24. The Morgan fingerprint density at radius 3 is 2.34 bits per heavy atom. The number of anilines is 2. The minimum absolute atomic E-state index is 0.0479. The van der Waals surface area contributed by atoms with E-state index in [1.165, 1.54) is 32.4 Å². The first-order chi connectivity index (χ1) is 21.3. The summed E-state index contributed by atoms with van der Waals surface area (Å²) in [4.78, 5) is 39.3. The van der Waals surface area contributed by atoms with Crippen LogP contribution in [0, 0.1) is 11.6 Å². The molecule has 228 valence electrons. The number of hydrogen-bond acceptors (Lipinski definition) is 8. The first-order valence-corrected chi connectivity index (χ1v) is 14.2. The van der Waals surface area contributed by atoms with Gasteiger partial charge in [0, 0.05) is 67.2 Å². The summed E-state index contributed by atoms with van der Waals surface area (Å²) < 4.78 is 39.8. The van der Waals surface area contributed by atoms with Crippen LogP contribution in [-0.4, -0.2) is 73.5 Å². The molecule has 9 nitrogen and oxygen atoms in total. The van der Waals surface area contributed by atoms with Crippen LogP contribution in [0.1, 0.15) is 34.2 Å². The van der Waals surface area contributed by atoms with Crippen LogP contribution in [0.15, 0.2) is 61.3 Å². The third kappa shape index (κ3) is 6.23. The summed E-state index contributed by atoms with van der Waals surface area (Å²) in [7, 11) is 2.43. The Balaban J connectivity index is 1.41. The van der Waals surface area contributed by atoms with Crippen molar-refractivity contribution in [3.63, 3.8) is 0 Å². The third-order valence-corrected chi connectivity index (χ3v) is 7.76. The molecule has 1 saturated heterocycles. The molecule has 11 heteroatoms. The summed E-state index contributed by atoms with van der Waals surface area (Å²) in [6.07, 6.45) is 3.10. The zero-order valence-electron chi connectivity index (χ0n) is 24.8. The van der Waals surface area contributed by atoms with E-state index in [0.717, 1.165) is 50.0 Å². The number of carbonyl (C=O) groups is 2. The zero-order chi connectivity index (χ0) is 31.4. The first-order valence-electron chi connectivity index (χ1n) is 14.2. The molecule has 1 aromatic heterocycles. The van der Waals surface area contributed by atoms with Crippen molar-refractivity contribution in [1.29, 1.82) is 0 Å². The SMILES string of the molecule is C=CC(=O)Nc1cc(N2CCN(CC)CC2)ccc1Cc1ncc2cc(C(=O)c3c(F)c(OC)cc(OC)c3F)ccc2n1. The van der Waals surface area contributed by atoms with Gasteiger partial charge < -0.3 is 24.6 Å². The molecular weight excluding hydrogens is 568 g/mol. The van der Waals surface area contributed by atoms with Crippen molar-refractivity contribution < 1.29 is 27.8 Å². The number of ketones is 1. The summed E-state index contributed by atoms with van der Waals surface area (Å²) in [6.45, 7) is 10.5. The maximum absolute atomic E-state index is 15.0. The van der Waals surface area contributed by atoms with Crippen LogP contribution in [0.2, 0.25) is 0 Å². The Labute approximate surface area is 254 Å². The lowest BCUT2D eigenvalue weighted by atomic mass is 10.00. The van der Waals surface area contributed by atoms with Gasteiger partial charge in [-0.2, -0.15) is 0 Å². The van der Waals surface area contributed by atoms with Crippen LogP contribution in [0.5, 0.6) is 11.5 Å². The molecule has 0 saturated carbocycles. The second kappa shape index (κ2) is 13.2.